The Balaban J connectivity index is 4.65. The van der Waals surface area contributed by atoms with Crippen molar-refractivity contribution in [3.05, 3.63) is 36.5 Å². The van der Waals surface area contributed by atoms with Crippen LogP contribution in [0, 0.1) is 11.3 Å². The van der Waals surface area contributed by atoms with Crippen LogP contribution >= 0.6 is 0 Å². The van der Waals surface area contributed by atoms with Crippen molar-refractivity contribution < 1.29 is 9.90 Å². The Labute approximate surface area is 105 Å². The van der Waals surface area contributed by atoms with E-state index in [-0.39, 0.29) is 11.8 Å². The van der Waals surface area contributed by atoms with E-state index in [9.17, 15) is 4.79 Å². The first-order chi connectivity index (χ1) is 7.82. The molecule has 0 radical (unpaired) electrons. The van der Waals surface area contributed by atoms with Crippen LogP contribution in [0.5, 0.6) is 0 Å². The van der Waals surface area contributed by atoms with E-state index in [1.165, 1.54) is 0 Å². The molecule has 0 amide bonds. The third-order valence-electron chi connectivity index (χ3n) is 2.77. The fourth-order valence-electron chi connectivity index (χ4n) is 2.07. The van der Waals surface area contributed by atoms with Gasteiger partial charge in [0.05, 0.1) is 6.42 Å². The van der Waals surface area contributed by atoms with Crippen molar-refractivity contribution in [3.63, 3.8) is 0 Å². The number of hydrogen-bond donors (Lipinski definition) is 1. The predicted molar refractivity (Wildman–Crippen MR) is 72.9 cm³/mol. The molecule has 0 aliphatic heterocycles. The van der Waals surface area contributed by atoms with E-state index in [0.717, 1.165) is 12.0 Å². The predicted octanol–water partition coefficient (Wildman–Crippen LogP) is 4.20. The van der Waals surface area contributed by atoms with Gasteiger partial charge in [-0.25, -0.2) is 0 Å². The third-order valence-corrected chi connectivity index (χ3v) is 2.77. The molecule has 1 N–H and O–H groups in total. The topological polar surface area (TPSA) is 37.3 Å². The quantitative estimate of drug-likeness (QED) is 0.672. The zero-order chi connectivity index (χ0) is 13.5. The van der Waals surface area contributed by atoms with Crippen molar-refractivity contribution in [3.8, 4) is 0 Å². The van der Waals surface area contributed by atoms with E-state index in [0.29, 0.717) is 5.92 Å². The highest BCUT2D eigenvalue weighted by molar-refractivity contribution is 5.67. The summed E-state index contributed by atoms with van der Waals surface area (Å²) in [5, 5.41) is 8.85. The van der Waals surface area contributed by atoms with Gasteiger partial charge >= 0.3 is 5.97 Å². The van der Waals surface area contributed by atoms with Gasteiger partial charge < -0.3 is 5.11 Å². The number of carboxylic acids is 1. The number of hydrogen-bond acceptors (Lipinski definition) is 1. The van der Waals surface area contributed by atoms with E-state index in [4.69, 9.17) is 5.11 Å². The molecule has 96 valence electrons. The highest BCUT2D eigenvalue weighted by Crippen LogP contribution is 2.32. The third kappa shape index (κ3) is 6.77. The molecule has 0 fully saturated rings. The molecule has 0 aromatic carbocycles. The van der Waals surface area contributed by atoms with Crippen molar-refractivity contribution in [2.45, 2.75) is 40.5 Å². The standard InChI is InChI=1S/C15H24O2/c1-6-8-9-13(7-2)12(3)10-15(4,5)11-14(16)17/h6-9,12H,2,10-11H2,1,3-5H3,(H,16,17)/b8-6-,13-9+. The lowest BCUT2D eigenvalue weighted by Gasteiger charge is -2.27. The van der Waals surface area contributed by atoms with Gasteiger partial charge in [0.2, 0.25) is 0 Å². The van der Waals surface area contributed by atoms with Gasteiger partial charge in [0.1, 0.15) is 0 Å². The van der Waals surface area contributed by atoms with Crippen molar-refractivity contribution in [1.82, 2.24) is 0 Å². The van der Waals surface area contributed by atoms with Crippen LogP contribution in [0.1, 0.15) is 40.5 Å². The van der Waals surface area contributed by atoms with Crippen molar-refractivity contribution >= 4 is 5.97 Å². The second kappa shape index (κ2) is 7.10. The van der Waals surface area contributed by atoms with Gasteiger partial charge in [-0.15, -0.1) is 0 Å². The van der Waals surface area contributed by atoms with Gasteiger partial charge in [0.25, 0.3) is 0 Å². The van der Waals surface area contributed by atoms with Crippen LogP contribution in [-0.2, 0) is 4.79 Å². The molecule has 0 saturated carbocycles. The monoisotopic (exact) mass is 236 g/mol. The average molecular weight is 236 g/mol. The smallest absolute Gasteiger partial charge is 0.303 e. The molecular weight excluding hydrogens is 212 g/mol. The number of allylic oxidation sites excluding steroid dienone is 5. The molecule has 0 spiro atoms. The molecule has 17 heavy (non-hydrogen) atoms. The molecule has 1 atom stereocenters. The Kier molecular flexibility index (Phi) is 6.55. The minimum atomic E-state index is -0.736. The van der Waals surface area contributed by atoms with E-state index in [1.807, 2.05) is 45.1 Å². The highest BCUT2D eigenvalue weighted by atomic mass is 16.4. The lowest BCUT2D eigenvalue weighted by molar-refractivity contribution is -0.139. The van der Waals surface area contributed by atoms with E-state index >= 15 is 0 Å². The maximum absolute atomic E-state index is 10.8. The number of carbonyl (C=O) groups is 1. The maximum Gasteiger partial charge on any atom is 0.303 e. The van der Waals surface area contributed by atoms with E-state index in [1.54, 1.807) is 0 Å². The molecule has 0 bridgehead atoms. The second-order valence-corrected chi connectivity index (χ2v) is 5.24. The van der Waals surface area contributed by atoms with Crippen LogP contribution in [0.25, 0.3) is 0 Å². The Bertz CT molecular complexity index is 322. The molecule has 0 aromatic heterocycles. The summed E-state index contributed by atoms with van der Waals surface area (Å²) < 4.78 is 0. The van der Waals surface area contributed by atoms with E-state index < -0.39 is 5.97 Å². The van der Waals surface area contributed by atoms with Crippen molar-refractivity contribution in [2.75, 3.05) is 0 Å². The summed E-state index contributed by atoms with van der Waals surface area (Å²) >= 11 is 0. The zero-order valence-corrected chi connectivity index (χ0v) is 11.4. The largest absolute Gasteiger partial charge is 0.481 e. The molecule has 0 aliphatic rings. The minimum Gasteiger partial charge on any atom is -0.481 e. The average Bonchev–Trinajstić information content (AvgIpc) is 2.15. The Hall–Kier alpha value is -1.31. The fourth-order valence-corrected chi connectivity index (χ4v) is 2.07. The van der Waals surface area contributed by atoms with Crippen LogP contribution in [0.3, 0.4) is 0 Å². The lowest BCUT2D eigenvalue weighted by atomic mass is 9.78. The minimum absolute atomic E-state index is 0.191. The Morgan fingerprint density at radius 2 is 2.06 bits per heavy atom. The normalized spacial score (nSPS) is 14.9. The molecule has 2 heteroatoms. The van der Waals surface area contributed by atoms with Crippen LogP contribution in [-0.4, -0.2) is 11.1 Å². The molecule has 0 saturated heterocycles. The molecule has 0 heterocycles. The number of carboxylic acid groups (broad SMARTS) is 1. The SMILES string of the molecule is C=C/C(=C\C=C/C)C(C)CC(C)(C)CC(=O)O. The number of aliphatic carboxylic acids is 1. The molecular formula is C15H24O2. The van der Waals surface area contributed by atoms with Crippen molar-refractivity contribution in [1.29, 1.82) is 0 Å². The maximum atomic E-state index is 10.8. The van der Waals surface area contributed by atoms with Crippen LogP contribution in [0.2, 0.25) is 0 Å². The zero-order valence-electron chi connectivity index (χ0n) is 11.4. The molecule has 0 aliphatic carbocycles. The van der Waals surface area contributed by atoms with Gasteiger partial charge in [0.15, 0.2) is 0 Å². The fraction of sp³-hybridized carbons (Fsp3) is 0.533. The van der Waals surface area contributed by atoms with Crippen LogP contribution in [0.15, 0.2) is 36.5 Å². The van der Waals surface area contributed by atoms with Gasteiger partial charge in [-0.1, -0.05) is 51.7 Å². The summed E-state index contributed by atoms with van der Waals surface area (Å²) in [4.78, 5) is 10.8. The second-order valence-electron chi connectivity index (χ2n) is 5.24. The van der Waals surface area contributed by atoms with Crippen LogP contribution < -0.4 is 0 Å². The summed E-state index contributed by atoms with van der Waals surface area (Å²) in [6.07, 6.45) is 8.88. The summed E-state index contributed by atoms with van der Waals surface area (Å²) in [6, 6.07) is 0. The first-order valence-electron chi connectivity index (χ1n) is 5.99. The summed E-state index contributed by atoms with van der Waals surface area (Å²) in [5.41, 5.74) is 0.963. The van der Waals surface area contributed by atoms with Gasteiger partial charge in [-0.05, 0) is 30.3 Å². The first kappa shape index (κ1) is 15.7. The molecule has 0 aromatic rings. The van der Waals surface area contributed by atoms with E-state index in [2.05, 4.69) is 13.5 Å². The van der Waals surface area contributed by atoms with Crippen molar-refractivity contribution in [2.24, 2.45) is 11.3 Å². The highest BCUT2D eigenvalue weighted by Gasteiger charge is 2.24. The first-order valence-corrected chi connectivity index (χ1v) is 5.99. The lowest BCUT2D eigenvalue weighted by Crippen LogP contribution is -2.20. The van der Waals surface area contributed by atoms with Gasteiger partial charge in [-0.2, -0.15) is 0 Å². The number of rotatable bonds is 7. The summed E-state index contributed by atoms with van der Waals surface area (Å²) in [5.74, 6) is -0.419. The molecule has 1 unspecified atom stereocenters. The van der Waals surface area contributed by atoms with Crippen LogP contribution in [0.4, 0.5) is 0 Å². The summed E-state index contributed by atoms with van der Waals surface area (Å²) in [7, 11) is 0. The Morgan fingerprint density at radius 3 is 2.47 bits per heavy atom. The van der Waals surface area contributed by atoms with Gasteiger partial charge in [0, 0.05) is 0 Å². The summed E-state index contributed by atoms with van der Waals surface area (Å²) in [6.45, 7) is 11.9. The van der Waals surface area contributed by atoms with Gasteiger partial charge in [-0.3, -0.25) is 4.79 Å². The Morgan fingerprint density at radius 1 is 1.47 bits per heavy atom. The molecule has 2 nitrogen and oxygen atoms in total. The molecule has 0 rings (SSSR count).